The number of carbonyl (C=O) groups is 6. The highest BCUT2D eigenvalue weighted by atomic mass is 32.1. The van der Waals surface area contributed by atoms with Gasteiger partial charge in [0.05, 0.1) is 37.8 Å². The van der Waals surface area contributed by atoms with Gasteiger partial charge in [-0.3, -0.25) is 33.6 Å². The highest BCUT2D eigenvalue weighted by molar-refractivity contribution is 7.09. The fourth-order valence-corrected chi connectivity index (χ4v) is 8.75. The summed E-state index contributed by atoms with van der Waals surface area (Å²) in [6, 6.07) is 5.16. The average Bonchev–Trinajstić information content (AvgIpc) is 4.05. The molecule has 4 rings (SSSR count). The van der Waals surface area contributed by atoms with Crippen molar-refractivity contribution in [1.82, 2.24) is 51.5 Å². The first-order valence-electron chi connectivity index (χ1n) is 23.7. The lowest BCUT2D eigenvalue weighted by Gasteiger charge is -2.38. The molecule has 5 amide bonds. The normalized spacial score (nSPS) is 18.2. The van der Waals surface area contributed by atoms with Gasteiger partial charge in [0.2, 0.25) is 29.5 Å². The minimum absolute atomic E-state index is 0.0141. The summed E-state index contributed by atoms with van der Waals surface area (Å²) in [4.78, 5) is 92.1. The van der Waals surface area contributed by atoms with Crippen molar-refractivity contribution in [2.45, 2.75) is 164 Å². The van der Waals surface area contributed by atoms with E-state index in [-0.39, 0.29) is 55.0 Å². The molecule has 3 unspecified atom stereocenters. The molecule has 3 heterocycles. The van der Waals surface area contributed by atoms with Crippen LogP contribution >= 0.6 is 11.3 Å². The number of rotatable bonds is 23. The molecule has 374 valence electrons. The number of nitrogens with one attached hydrogen (secondary N) is 5. The van der Waals surface area contributed by atoms with E-state index in [1.165, 1.54) is 16.2 Å². The molecule has 0 spiro atoms. The van der Waals surface area contributed by atoms with Crippen LogP contribution in [0.3, 0.4) is 0 Å². The molecule has 2 aromatic heterocycles. The van der Waals surface area contributed by atoms with E-state index in [4.69, 9.17) is 10.7 Å². The van der Waals surface area contributed by atoms with Gasteiger partial charge in [-0.2, -0.15) is 0 Å². The molecular weight excluding hydrogens is 885 g/mol. The number of aryl methyl sites for hydroxylation is 1. The van der Waals surface area contributed by atoms with Crippen LogP contribution in [-0.2, 0) is 41.9 Å². The number of benzene rings is 1. The van der Waals surface area contributed by atoms with Gasteiger partial charge >= 0.3 is 0 Å². The quantitative estimate of drug-likeness (QED) is 0.0573. The minimum Gasteiger partial charge on any atom is -0.368 e. The maximum absolute atomic E-state index is 15.0. The molecule has 1 aliphatic heterocycles. The molecule has 1 saturated heterocycles. The number of nitrogens with zero attached hydrogens (tertiary/aromatic N) is 6. The third-order valence-electron chi connectivity index (χ3n) is 12.5. The summed E-state index contributed by atoms with van der Waals surface area (Å²) in [5.41, 5.74) is 5.83. The molecular formula is C49H76N12O6S. The number of aromatic nitrogens is 4. The fraction of sp³-hybridized carbons (Fsp3) is 0.633. The number of aliphatic imine (C=N–C) groups is 1. The lowest BCUT2D eigenvalue weighted by molar-refractivity contribution is -0.137. The van der Waals surface area contributed by atoms with Crippen molar-refractivity contribution in [1.29, 1.82) is 0 Å². The number of Topliss-reactive ketones (excluding diaryl/α,β-unsaturated/α-hetero) is 1. The third kappa shape index (κ3) is 16.0. The van der Waals surface area contributed by atoms with Gasteiger partial charge in [-0.05, 0) is 54.9 Å². The van der Waals surface area contributed by atoms with Gasteiger partial charge < -0.3 is 42.0 Å². The summed E-state index contributed by atoms with van der Waals surface area (Å²) < 4.78 is 1.63. The van der Waals surface area contributed by atoms with E-state index >= 15 is 4.79 Å². The fourth-order valence-electron chi connectivity index (χ4n) is 8.06. The zero-order chi connectivity index (χ0) is 50.5. The highest BCUT2D eigenvalue weighted by Crippen LogP contribution is 2.29. The Kier molecular flexibility index (Phi) is 19.9. The monoisotopic (exact) mass is 961 g/mol. The van der Waals surface area contributed by atoms with Gasteiger partial charge in [0.25, 0.3) is 0 Å². The number of nitrogens with two attached hydrogens (primary N) is 1. The Morgan fingerprint density at radius 1 is 0.941 bits per heavy atom. The second-order valence-corrected chi connectivity index (χ2v) is 21.6. The number of carbonyl (C=O) groups excluding carboxylic acids is 6. The molecule has 1 fully saturated rings. The van der Waals surface area contributed by atoms with Gasteiger partial charge in [-0.25, -0.2) is 4.98 Å². The molecule has 1 aromatic carbocycles. The number of amidine groups is 1. The molecule has 19 heteroatoms. The standard InChI is InChI=1S/C49H76N12O6S/c1-29(2)33(6)54-41(48(7,8)9)44(53-27-38(64)61-23-20-30(3)40(61)43(50)65)57-42(49(10,11)12)46(67)56-39(32(5)34-18-14-13-15-19-34)45(66)55-36(47-51-21-24-68-47)25-37(63)52-26-35-28-60(59-58-35)22-16-17-31(4)62/h13-15,18-19,21,24,28-30,32-33,36,39-42,54H,16-17,20,22-23,25-27H2,1-12H3,(H2,50,65)(H,52,63)(H,53,57)(H,55,66)(H,56,67)/t30-,32+,33-,36-,39?,40+,41?,42?/m1/s1. The van der Waals surface area contributed by atoms with Crippen molar-refractivity contribution in [3.8, 4) is 0 Å². The molecule has 7 N–H and O–H groups in total. The van der Waals surface area contributed by atoms with Crippen molar-refractivity contribution < 1.29 is 28.8 Å². The number of primary amides is 1. The Morgan fingerprint density at radius 3 is 2.22 bits per heavy atom. The SMILES string of the molecule is CC(=O)CCCn1cc(CNC(=O)C[C@@H](NC(=O)C(NC(=O)C(/N=C(\NCC(=O)N2CC[C@@H](C)[C@H]2C(N)=O)C(N[C@H](C)C(C)C)C(C)(C)C)C(C)(C)C)[C@@H](C)c2ccccc2)c2nccs2)nn1. The van der Waals surface area contributed by atoms with E-state index in [0.29, 0.717) is 48.9 Å². The summed E-state index contributed by atoms with van der Waals surface area (Å²) >= 11 is 1.29. The number of likely N-dealkylation sites (tertiary alicyclic amines) is 1. The second-order valence-electron chi connectivity index (χ2n) is 20.7. The predicted octanol–water partition coefficient (Wildman–Crippen LogP) is 4.43. The topological polar surface area (TPSA) is 248 Å². The van der Waals surface area contributed by atoms with Gasteiger partial charge in [0.1, 0.15) is 40.4 Å². The van der Waals surface area contributed by atoms with Gasteiger partial charge in [-0.1, -0.05) is 105 Å². The van der Waals surface area contributed by atoms with E-state index in [0.717, 1.165) is 5.56 Å². The number of hydrogen-bond donors (Lipinski definition) is 6. The Balaban J connectivity index is 1.66. The summed E-state index contributed by atoms with van der Waals surface area (Å²) in [7, 11) is 0. The van der Waals surface area contributed by atoms with Crippen LogP contribution in [0.25, 0.3) is 0 Å². The van der Waals surface area contributed by atoms with Crippen LogP contribution in [0.15, 0.2) is 53.1 Å². The van der Waals surface area contributed by atoms with Crippen LogP contribution in [0.4, 0.5) is 0 Å². The Bertz CT molecular complexity index is 2180. The largest absolute Gasteiger partial charge is 0.368 e. The molecule has 1 aliphatic rings. The summed E-state index contributed by atoms with van der Waals surface area (Å²) in [5, 5.41) is 26.5. The first-order chi connectivity index (χ1) is 31.9. The molecule has 68 heavy (non-hydrogen) atoms. The lowest BCUT2D eigenvalue weighted by Crippen LogP contribution is -2.58. The predicted molar refractivity (Wildman–Crippen MR) is 264 cm³/mol. The Morgan fingerprint density at radius 2 is 1.63 bits per heavy atom. The summed E-state index contributed by atoms with van der Waals surface area (Å²) in [6.45, 7) is 24.3. The first-order valence-corrected chi connectivity index (χ1v) is 24.6. The number of amides is 5. The highest BCUT2D eigenvalue weighted by Gasteiger charge is 2.41. The maximum Gasteiger partial charge on any atom is 0.246 e. The van der Waals surface area contributed by atoms with Crippen LogP contribution in [0, 0.1) is 22.7 Å². The maximum atomic E-state index is 15.0. The second kappa shape index (κ2) is 24.6. The van der Waals surface area contributed by atoms with Gasteiger partial charge in [0.15, 0.2) is 0 Å². The minimum atomic E-state index is -1.13. The Labute approximate surface area is 406 Å². The van der Waals surface area contributed by atoms with Crippen molar-refractivity contribution in [2.24, 2.45) is 33.4 Å². The van der Waals surface area contributed by atoms with Gasteiger partial charge in [0, 0.05) is 43.0 Å². The summed E-state index contributed by atoms with van der Waals surface area (Å²) in [6.07, 6.45) is 4.87. The summed E-state index contributed by atoms with van der Waals surface area (Å²) in [5.74, 6) is -2.18. The molecule has 18 nitrogen and oxygen atoms in total. The smallest absolute Gasteiger partial charge is 0.246 e. The molecule has 0 saturated carbocycles. The first kappa shape index (κ1) is 55.0. The molecule has 0 aliphatic carbocycles. The zero-order valence-electron chi connectivity index (χ0n) is 42.1. The molecule has 0 radical (unpaired) electrons. The lowest BCUT2D eigenvalue weighted by atomic mass is 9.83. The van der Waals surface area contributed by atoms with Crippen molar-refractivity contribution >= 4 is 52.5 Å². The van der Waals surface area contributed by atoms with Crippen LogP contribution in [0.5, 0.6) is 0 Å². The Hall–Kier alpha value is -5.56. The number of ketones is 1. The number of hydrogen-bond acceptors (Lipinski definition) is 12. The van der Waals surface area contributed by atoms with Crippen molar-refractivity contribution in [3.05, 3.63) is 64.4 Å². The van der Waals surface area contributed by atoms with E-state index in [2.05, 4.69) is 83.4 Å². The van der Waals surface area contributed by atoms with Crippen LogP contribution in [-0.4, -0.2) is 109 Å². The van der Waals surface area contributed by atoms with Crippen molar-refractivity contribution in [3.63, 3.8) is 0 Å². The van der Waals surface area contributed by atoms with E-state index in [1.807, 2.05) is 65.0 Å². The average molecular weight is 961 g/mol. The van der Waals surface area contributed by atoms with Gasteiger partial charge in [-0.15, -0.1) is 16.4 Å². The third-order valence-corrected chi connectivity index (χ3v) is 13.4. The van der Waals surface area contributed by atoms with E-state index in [1.54, 1.807) is 29.4 Å². The van der Waals surface area contributed by atoms with Crippen molar-refractivity contribution in [2.75, 3.05) is 13.1 Å². The van der Waals surface area contributed by atoms with E-state index in [9.17, 15) is 24.0 Å². The molecule has 0 bridgehead atoms. The number of thiazole rings is 1. The molecule has 3 aromatic rings. The van der Waals surface area contributed by atoms with Crippen LogP contribution in [0.1, 0.15) is 137 Å². The zero-order valence-corrected chi connectivity index (χ0v) is 42.9. The van der Waals surface area contributed by atoms with Crippen LogP contribution in [0.2, 0.25) is 0 Å². The van der Waals surface area contributed by atoms with Crippen LogP contribution < -0.4 is 32.3 Å². The van der Waals surface area contributed by atoms with E-state index < -0.39 is 64.7 Å². The molecule has 8 atom stereocenters.